The first kappa shape index (κ1) is 16.3. The average Bonchev–Trinajstić information content (AvgIpc) is 2.69. The highest BCUT2D eigenvalue weighted by molar-refractivity contribution is 5.79. The Kier molecular flexibility index (Phi) is 5.81. The second kappa shape index (κ2) is 7.82. The summed E-state index contributed by atoms with van der Waals surface area (Å²) in [6.45, 7) is 6.28. The minimum Gasteiger partial charge on any atom is -0.338 e. The summed E-state index contributed by atoms with van der Waals surface area (Å²) < 4.78 is 0. The van der Waals surface area contributed by atoms with Gasteiger partial charge in [0.15, 0.2) is 0 Å². The number of carbonyl (C=O) groups excluding carboxylic acids is 2. The van der Waals surface area contributed by atoms with Gasteiger partial charge in [0.05, 0.1) is 0 Å². The van der Waals surface area contributed by atoms with Crippen molar-refractivity contribution in [2.45, 2.75) is 39.3 Å². The molecule has 1 aliphatic rings. The summed E-state index contributed by atoms with van der Waals surface area (Å²) >= 11 is 0. The Morgan fingerprint density at radius 3 is 2.64 bits per heavy atom. The van der Waals surface area contributed by atoms with E-state index in [0.717, 1.165) is 12.0 Å². The number of nitrogens with zero attached hydrogens (tertiary/aromatic N) is 2. The van der Waals surface area contributed by atoms with Crippen LogP contribution in [0.2, 0.25) is 0 Å². The number of hydrogen-bond donors (Lipinski definition) is 1. The minimum absolute atomic E-state index is 0.0674. The van der Waals surface area contributed by atoms with Crippen molar-refractivity contribution in [2.75, 3.05) is 19.6 Å². The molecule has 1 aromatic carbocycles. The molecule has 2 rings (SSSR count). The molecule has 1 aromatic rings. The van der Waals surface area contributed by atoms with Gasteiger partial charge < -0.3 is 15.1 Å². The van der Waals surface area contributed by atoms with E-state index in [9.17, 15) is 9.59 Å². The molecule has 1 saturated heterocycles. The van der Waals surface area contributed by atoms with E-state index in [1.54, 1.807) is 4.90 Å². The van der Waals surface area contributed by atoms with Crippen LogP contribution in [-0.2, 0) is 11.3 Å². The minimum atomic E-state index is -0.0738. The molecule has 1 fully saturated rings. The summed E-state index contributed by atoms with van der Waals surface area (Å²) in [5, 5.41) is 2.82. The summed E-state index contributed by atoms with van der Waals surface area (Å²) in [6, 6.07) is 10.0. The van der Waals surface area contributed by atoms with Crippen LogP contribution in [0.1, 0.15) is 32.3 Å². The van der Waals surface area contributed by atoms with Gasteiger partial charge in [-0.3, -0.25) is 4.79 Å². The molecular weight excluding hydrogens is 278 g/mol. The van der Waals surface area contributed by atoms with Crippen LogP contribution in [0.5, 0.6) is 0 Å². The number of benzene rings is 1. The Morgan fingerprint density at radius 1 is 1.27 bits per heavy atom. The predicted octanol–water partition coefficient (Wildman–Crippen LogP) is 2.23. The van der Waals surface area contributed by atoms with E-state index in [1.165, 1.54) is 0 Å². The van der Waals surface area contributed by atoms with Crippen LogP contribution in [0.3, 0.4) is 0 Å². The van der Waals surface area contributed by atoms with E-state index in [-0.39, 0.29) is 18.0 Å². The summed E-state index contributed by atoms with van der Waals surface area (Å²) in [5.41, 5.74) is 1.13. The summed E-state index contributed by atoms with van der Waals surface area (Å²) in [4.78, 5) is 28.2. The van der Waals surface area contributed by atoms with E-state index in [1.807, 2.05) is 42.2 Å². The fourth-order valence-electron chi connectivity index (χ4n) is 2.82. The third-order valence-electron chi connectivity index (χ3n) is 4.07. The molecule has 0 saturated carbocycles. The van der Waals surface area contributed by atoms with Gasteiger partial charge in [0.2, 0.25) is 5.91 Å². The maximum absolute atomic E-state index is 12.5. The number of amides is 3. The first-order valence-electron chi connectivity index (χ1n) is 8.01. The zero-order valence-electron chi connectivity index (χ0n) is 13.4. The van der Waals surface area contributed by atoms with Crippen LogP contribution in [0.25, 0.3) is 0 Å². The monoisotopic (exact) mass is 303 g/mol. The molecule has 0 spiro atoms. The number of rotatable bonds is 4. The topological polar surface area (TPSA) is 52.7 Å². The molecule has 1 unspecified atom stereocenters. The van der Waals surface area contributed by atoms with Crippen molar-refractivity contribution in [1.29, 1.82) is 0 Å². The van der Waals surface area contributed by atoms with Crippen LogP contribution >= 0.6 is 0 Å². The second-order valence-electron chi connectivity index (χ2n) is 5.60. The fraction of sp³-hybridized carbons (Fsp3) is 0.529. The second-order valence-corrected chi connectivity index (χ2v) is 5.60. The highest BCUT2D eigenvalue weighted by atomic mass is 16.2. The van der Waals surface area contributed by atoms with Gasteiger partial charge in [-0.1, -0.05) is 37.3 Å². The van der Waals surface area contributed by atoms with E-state index < -0.39 is 0 Å². The molecule has 5 nitrogen and oxygen atoms in total. The lowest BCUT2D eigenvalue weighted by Gasteiger charge is -2.31. The standard InChI is InChI=1S/C17H25N3O2/c1-3-15-13-19(17(22)18-4-2)11-10-16(21)20(15)12-14-8-6-5-7-9-14/h5-9,15H,3-4,10-13H2,1-2H3,(H,18,22). The SMILES string of the molecule is CCNC(=O)N1CCC(=O)N(Cc2ccccc2)C(CC)C1. The predicted molar refractivity (Wildman–Crippen MR) is 86.3 cm³/mol. The maximum Gasteiger partial charge on any atom is 0.317 e. The number of nitrogens with one attached hydrogen (secondary N) is 1. The third-order valence-corrected chi connectivity index (χ3v) is 4.07. The lowest BCUT2D eigenvalue weighted by molar-refractivity contribution is -0.133. The van der Waals surface area contributed by atoms with Gasteiger partial charge in [-0.2, -0.15) is 0 Å². The van der Waals surface area contributed by atoms with Gasteiger partial charge in [0.1, 0.15) is 0 Å². The lowest BCUT2D eigenvalue weighted by Crippen LogP contribution is -2.46. The van der Waals surface area contributed by atoms with Gasteiger partial charge in [0, 0.05) is 38.6 Å². The van der Waals surface area contributed by atoms with Crippen LogP contribution in [0, 0.1) is 0 Å². The summed E-state index contributed by atoms with van der Waals surface area (Å²) in [7, 11) is 0. The smallest absolute Gasteiger partial charge is 0.317 e. The molecule has 0 radical (unpaired) electrons. The van der Waals surface area contributed by atoms with Crippen molar-refractivity contribution in [3.8, 4) is 0 Å². The molecule has 0 bridgehead atoms. The third kappa shape index (κ3) is 4.00. The number of carbonyl (C=O) groups is 2. The Morgan fingerprint density at radius 2 is 2.00 bits per heavy atom. The highest BCUT2D eigenvalue weighted by Crippen LogP contribution is 2.17. The lowest BCUT2D eigenvalue weighted by atomic mass is 10.1. The molecule has 0 aromatic heterocycles. The maximum atomic E-state index is 12.5. The van der Waals surface area contributed by atoms with Crippen molar-refractivity contribution < 1.29 is 9.59 Å². The van der Waals surface area contributed by atoms with Crippen LogP contribution < -0.4 is 5.32 Å². The van der Waals surface area contributed by atoms with Gasteiger partial charge in [0.25, 0.3) is 0 Å². The van der Waals surface area contributed by atoms with Gasteiger partial charge in [-0.05, 0) is 18.9 Å². The summed E-state index contributed by atoms with van der Waals surface area (Å²) in [6.07, 6.45) is 1.23. The molecule has 1 heterocycles. The summed E-state index contributed by atoms with van der Waals surface area (Å²) in [5.74, 6) is 0.127. The molecule has 22 heavy (non-hydrogen) atoms. The van der Waals surface area contributed by atoms with E-state index in [2.05, 4.69) is 12.2 Å². The van der Waals surface area contributed by atoms with E-state index in [4.69, 9.17) is 0 Å². The fourth-order valence-corrected chi connectivity index (χ4v) is 2.82. The molecule has 1 N–H and O–H groups in total. The van der Waals surface area contributed by atoms with Crippen molar-refractivity contribution >= 4 is 11.9 Å². The molecule has 5 heteroatoms. The molecular formula is C17H25N3O2. The van der Waals surface area contributed by atoms with Crippen LogP contribution in [0.15, 0.2) is 30.3 Å². The van der Waals surface area contributed by atoms with Gasteiger partial charge in [-0.15, -0.1) is 0 Å². The van der Waals surface area contributed by atoms with E-state index >= 15 is 0 Å². The van der Waals surface area contributed by atoms with Gasteiger partial charge >= 0.3 is 6.03 Å². The molecule has 3 amide bonds. The number of urea groups is 1. The quantitative estimate of drug-likeness (QED) is 0.927. The normalized spacial score (nSPS) is 19.0. The molecule has 120 valence electrons. The van der Waals surface area contributed by atoms with Crippen molar-refractivity contribution in [3.63, 3.8) is 0 Å². The zero-order chi connectivity index (χ0) is 15.9. The van der Waals surface area contributed by atoms with Crippen molar-refractivity contribution in [3.05, 3.63) is 35.9 Å². The van der Waals surface area contributed by atoms with Crippen LogP contribution in [0.4, 0.5) is 4.79 Å². The Bertz CT molecular complexity index is 504. The molecule has 0 aliphatic carbocycles. The molecule has 1 aliphatic heterocycles. The first-order chi connectivity index (χ1) is 10.7. The highest BCUT2D eigenvalue weighted by Gasteiger charge is 2.30. The number of hydrogen-bond acceptors (Lipinski definition) is 2. The Hall–Kier alpha value is -2.04. The molecule has 1 atom stereocenters. The van der Waals surface area contributed by atoms with Gasteiger partial charge in [-0.25, -0.2) is 4.79 Å². The van der Waals surface area contributed by atoms with Crippen molar-refractivity contribution in [1.82, 2.24) is 15.1 Å². The first-order valence-corrected chi connectivity index (χ1v) is 8.01. The van der Waals surface area contributed by atoms with Crippen LogP contribution in [-0.4, -0.2) is 47.4 Å². The van der Waals surface area contributed by atoms with Crippen molar-refractivity contribution in [2.24, 2.45) is 0 Å². The average molecular weight is 303 g/mol. The zero-order valence-corrected chi connectivity index (χ0v) is 13.4. The Balaban J connectivity index is 2.12. The van der Waals surface area contributed by atoms with E-state index in [0.29, 0.717) is 32.6 Å². The Labute approximate surface area is 132 Å². The largest absolute Gasteiger partial charge is 0.338 e.